The Morgan fingerprint density at radius 3 is 2.25 bits per heavy atom. The fourth-order valence-electron chi connectivity index (χ4n) is 4.01. The van der Waals surface area contributed by atoms with Gasteiger partial charge in [0.25, 0.3) is 0 Å². The first-order chi connectivity index (χ1) is 13.2. The maximum atomic E-state index is 13.5. The molecule has 1 atom stereocenters. The fourth-order valence-corrected chi connectivity index (χ4v) is 4.01. The smallest absolute Gasteiger partial charge is 0.248 e. The highest BCUT2D eigenvalue weighted by Crippen LogP contribution is 2.41. The van der Waals surface area contributed by atoms with Gasteiger partial charge in [0.15, 0.2) is 0 Å². The third-order valence-corrected chi connectivity index (χ3v) is 5.90. The molecule has 1 unspecified atom stereocenters. The number of carbonyl (C=O) groups excluding carboxylic acids is 2. The summed E-state index contributed by atoms with van der Waals surface area (Å²) in [5.74, 6) is -3.66. The summed E-state index contributed by atoms with van der Waals surface area (Å²) in [5.41, 5.74) is 12.6. The molecule has 0 spiro atoms. The van der Waals surface area contributed by atoms with Gasteiger partial charge in [-0.25, -0.2) is 14.3 Å². The fraction of sp³-hybridized carbons (Fsp3) is 0.833. The molecule has 3 N–H and O–H groups in total. The average Bonchev–Trinajstić information content (AvgIpc) is 2.68. The number of nitrogens with two attached hydrogens (primary N) is 1. The zero-order chi connectivity index (χ0) is 20.8. The van der Waals surface area contributed by atoms with Crippen LogP contribution in [-0.4, -0.2) is 91.4 Å². The third-order valence-electron chi connectivity index (χ3n) is 5.90. The van der Waals surface area contributed by atoms with Crippen LogP contribution in [0.2, 0.25) is 0 Å². The topological polar surface area (TPSA) is 115 Å². The average molecular weight is 400 g/mol. The summed E-state index contributed by atoms with van der Waals surface area (Å²) < 4.78 is 27.1. The third kappa shape index (κ3) is 5.68. The standard InChI is InChI=1S/C18H30F2N6O2/c1-23-11-14(24-22)10-15(27)16(28)12-25-6-8-26(9-7-25)17(13-21)2-4-18(19,20)5-3-17/h11,14,22H,2-10,12-13,21H2,1H3. The zero-order valence-corrected chi connectivity index (χ0v) is 16.4. The van der Waals surface area contributed by atoms with Crippen molar-refractivity contribution in [3.8, 4) is 0 Å². The van der Waals surface area contributed by atoms with Crippen LogP contribution < -0.4 is 5.73 Å². The van der Waals surface area contributed by atoms with Gasteiger partial charge >= 0.3 is 0 Å². The van der Waals surface area contributed by atoms with Crippen molar-refractivity contribution in [1.29, 1.82) is 5.53 Å². The lowest BCUT2D eigenvalue weighted by molar-refractivity contribution is -0.137. The molecular weight excluding hydrogens is 370 g/mol. The second-order valence-electron chi connectivity index (χ2n) is 7.70. The molecule has 0 amide bonds. The normalized spacial score (nSPS) is 24.1. The van der Waals surface area contributed by atoms with Gasteiger partial charge in [-0.1, -0.05) is 0 Å². The Bertz CT molecular complexity index is 595. The lowest BCUT2D eigenvalue weighted by atomic mass is 9.78. The Morgan fingerprint density at radius 1 is 1.14 bits per heavy atom. The minimum Gasteiger partial charge on any atom is -0.329 e. The van der Waals surface area contributed by atoms with Crippen molar-refractivity contribution in [3.63, 3.8) is 0 Å². The second kappa shape index (κ2) is 9.71. The van der Waals surface area contributed by atoms with Crippen molar-refractivity contribution >= 4 is 17.8 Å². The number of rotatable bonds is 9. The molecule has 2 fully saturated rings. The number of ketones is 2. The van der Waals surface area contributed by atoms with E-state index in [1.807, 2.05) is 4.90 Å². The van der Waals surface area contributed by atoms with Crippen LogP contribution in [-0.2, 0) is 9.59 Å². The SMILES string of the molecule is CN=CC(CC(=O)C(=O)CN1CCN(C2(CN)CCC(F)(F)CC2)CC1)N=N. The predicted octanol–water partition coefficient (Wildman–Crippen LogP) is 1.14. The van der Waals surface area contributed by atoms with Crippen LogP contribution in [0.1, 0.15) is 32.1 Å². The number of carbonyl (C=O) groups is 2. The molecule has 0 bridgehead atoms. The molecule has 28 heavy (non-hydrogen) atoms. The van der Waals surface area contributed by atoms with E-state index in [0.717, 1.165) is 0 Å². The number of alkyl halides is 2. The molecule has 0 aromatic carbocycles. The maximum Gasteiger partial charge on any atom is 0.248 e. The number of nitrogens with zero attached hydrogens (tertiary/aromatic N) is 4. The maximum absolute atomic E-state index is 13.5. The Kier molecular flexibility index (Phi) is 7.85. The Hall–Kier alpha value is -1.65. The molecule has 0 aromatic rings. The van der Waals surface area contributed by atoms with Crippen molar-refractivity contribution in [2.45, 2.75) is 49.6 Å². The number of Topliss-reactive ketones (excluding diaryl/α,β-unsaturated/α-hetero) is 2. The Labute approximate surface area is 164 Å². The first-order valence-corrected chi connectivity index (χ1v) is 9.65. The van der Waals surface area contributed by atoms with E-state index < -0.39 is 29.1 Å². The summed E-state index contributed by atoms with van der Waals surface area (Å²) in [4.78, 5) is 32.1. The lowest BCUT2D eigenvalue weighted by Gasteiger charge is -2.50. The van der Waals surface area contributed by atoms with Crippen LogP contribution >= 0.6 is 0 Å². The molecule has 0 aromatic heterocycles. The number of halogens is 2. The van der Waals surface area contributed by atoms with E-state index in [9.17, 15) is 18.4 Å². The molecule has 10 heteroatoms. The highest BCUT2D eigenvalue weighted by atomic mass is 19.3. The van der Waals surface area contributed by atoms with Crippen LogP contribution in [0, 0.1) is 5.53 Å². The largest absolute Gasteiger partial charge is 0.329 e. The van der Waals surface area contributed by atoms with E-state index in [4.69, 9.17) is 11.3 Å². The molecule has 158 valence electrons. The molecule has 2 aliphatic rings. The monoisotopic (exact) mass is 400 g/mol. The first-order valence-electron chi connectivity index (χ1n) is 9.65. The number of hydrogen-bond acceptors (Lipinski definition) is 8. The number of aliphatic imine (C=N–C) groups is 1. The van der Waals surface area contributed by atoms with E-state index in [1.54, 1.807) is 0 Å². The molecule has 1 aliphatic heterocycles. The summed E-state index contributed by atoms with van der Waals surface area (Å²) in [6, 6.07) is -0.702. The van der Waals surface area contributed by atoms with Crippen LogP contribution in [0.3, 0.4) is 0 Å². The lowest BCUT2D eigenvalue weighted by Crippen LogP contribution is -2.62. The highest BCUT2D eigenvalue weighted by molar-refractivity contribution is 6.38. The summed E-state index contributed by atoms with van der Waals surface area (Å²) in [7, 11) is 1.52. The Balaban J connectivity index is 1.84. The molecule has 1 saturated heterocycles. The predicted molar refractivity (Wildman–Crippen MR) is 101 cm³/mol. The second-order valence-corrected chi connectivity index (χ2v) is 7.70. The van der Waals surface area contributed by atoms with Crippen LogP contribution in [0.5, 0.6) is 0 Å². The first kappa shape index (κ1) is 22.6. The minimum absolute atomic E-state index is 0.0222. The molecule has 2 rings (SSSR count). The van der Waals surface area contributed by atoms with Gasteiger partial charge in [-0.2, -0.15) is 5.11 Å². The molecule has 8 nitrogen and oxygen atoms in total. The molecular formula is C18H30F2N6O2. The van der Waals surface area contributed by atoms with Gasteiger partial charge in [0.05, 0.1) is 6.54 Å². The van der Waals surface area contributed by atoms with Crippen molar-refractivity contribution in [2.75, 3.05) is 46.3 Å². The summed E-state index contributed by atoms with van der Waals surface area (Å²) in [5, 5.41) is 3.28. The van der Waals surface area contributed by atoms with Gasteiger partial charge in [-0.3, -0.25) is 24.4 Å². The van der Waals surface area contributed by atoms with Gasteiger partial charge in [0.1, 0.15) is 6.04 Å². The van der Waals surface area contributed by atoms with Crippen LogP contribution in [0.4, 0.5) is 8.78 Å². The highest BCUT2D eigenvalue weighted by Gasteiger charge is 2.46. The van der Waals surface area contributed by atoms with Crippen LogP contribution in [0.15, 0.2) is 10.1 Å². The van der Waals surface area contributed by atoms with Gasteiger partial charge in [0.2, 0.25) is 17.5 Å². The van der Waals surface area contributed by atoms with E-state index in [1.165, 1.54) is 13.3 Å². The summed E-state index contributed by atoms with van der Waals surface area (Å²) >= 11 is 0. The van der Waals surface area contributed by atoms with Crippen molar-refractivity contribution < 1.29 is 18.4 Å². The molecule has 0 radical (unpaired) electrons. The molecule has 1 heterocycles. The van der Waals surface area contributed by atoms with Crippen LogP contribution in [0.25, 0.3) is 0 Å². The van der Waals surface area contributed by atoms with E-state index in [0.29, 0.717) is 45.6 Å². The van der Waals surface area contributed by atoms with Crippen molar-refractivity contribution in [2.24, 2.45) is 15.8 Å². The van der Waals surface area contributed by atoms with Gasteiger partial charge < -0.3 is 5.73 Å². The molecule has 1 saturated carbocycles. The Morgan fingerprint density at radius 2 is 1.75 bits per heavy atom. The van der Waals surface area contributed by atoms with E-state index in [2.05, 4.69) is 15.0 Å². The van der Waals surface area contributed by atoms with Crippen molar-refractivity contribution in [1.82, 2.24) is 9.80 Å². The summed E-state index contributed by atoms with van der Waals surface area (Å²) in [6.07, 6.45) is 1.71. The minimum atomic E-state index is -2.60. The van der Waals surface area contributed by atoms with Gasteiger partial charge in [0, 0.05) is 70.8 Å². The number of nitrogens with one attached hydrogen (secondary N) is 1. The zero-order valence-electron chi connectivity index (χ0n) is 16.4. The van der Waals surface area contributed by atoms with E-state index >= 15 is 0 Å². The quantitative estimate of drug-likeness (QED) is 0.342. The van der Waals surface area contributed by atoms with Gasteiger partial charge in [-0.05, 0) is 12.8 Å². The van der Waals surface area contributed by atoms with E-state index in [-0.39, 0.29) is 25.8 Å². The summed E-state index contributed by atoms with van der Waals surface area (Å²) in [6.45, 7) is 2.81. The number of hydrogen-bond donors (Lipinski definition) is 2. The van der Waals surface area contributed by atoms with Gasteiger partial charge in [-0.15, -0.1) is 0 Å². The molecule has 1 aliphatic carbocycles. The number of piperazine rings is 1. The van der Waals surface area contributed by atoms with Crippen molar-refractivity contribution in [3.05, 3.63) is 0 Å².